The van der Waals surface area contributed by atoms with Gasteiger partial charge in [0, 0.05) is 10.2 Å². The Hall–Kier alpha value is -1.13. The van der Waals surface area contributed by atoms with E-state index in [1.807, 2.05) is 41.9 Å². The number of nitrogens with one attached hydrogen (secondary N) is 1. The topological polar surface area (TPSA) is 29.1 Å². The summed E-state index contributed by atoms with van der Waals surface area (Å²) in [7, 11) is 0. The van der Waals surface area contributed by atoms with Gasteiger partial charge < -0.3 is 5.32 Å². The minimum Gasteiger partial charge on any atom is -0.326 e. The number of anilines is 1. The highest BCUT2D eigenvalue weighted by molar-refractivity contribution is 9.10. The quantitative estimate of drug-likeness (QED) is 0.912. The predicted molar refractivity (Wildman–Crippen MR) is 75.5 cm³/mol. The van der Waals surface area contributed by atoms with Crippen molar-refractivity contribution in [1.82, 2.24) is 0 Å². The summed E-state index contributed by atoms with van der Waals surface area (Å²) in [4.78, 5) is 11.8. The molecule has 0 aliphatic rings. The SMILES string of the molecule is Cc1ccc(Br)cc1NC(=O)Cc1ccsc1. The lowest BCUT2D eigenvalue weighted by Crippen LogP contribution is -2.14. The number of halogens is 1. The zero-order valence-electron chi connectivity index (χ0n) is 9.37. The first kappa shape index (κ1) is 12.3. The molecular weight excluding hydrogens is 298 g/mol. The minimum atomic E-state index is 0.0181. The van der Waals surface area contributed by atoms with Crippen molar-refractivity contribution in [3.8, 4) is 0 Å². The van der Waals surface area contributed by atoms with Gasteiger partial charge in [-0.05, 0) is 47.0 Å². The van der Waals surface area contributed by atoms with Crippen molar-refractivity contribution in [3.05, 3.63) is 50.6 Å². The molecule has 2 rings (SSSR count). The molecule has 4 heteroatoms. The lowest BCUT2D eigenvalue weighted by molar-refractivity contribution is -0.115. The Morgan fingerprint density at radius 3 is 2.94 bits per heavy atom. The number of hydrogen-bond donors (Lipinski definition) is 1. The summed E-state index contributed by atoms with van der Waals surface area (Å²) in [6.45, 7) is 1.98. The monoisotopic (exact) mass is 309 g/mol. The normalized spacial score (nSPS) is 10.2. The van der Waals surface area contributed by atoms with Gasteiger partial charge in [-0.1, -0.05) is 22.0 Å². The molecule has 88 valence electrons. The molecule has 1 heterocycles. The first-order valence-electron chi connectivity index (χ1n) is 5.22. The van der Waals surface area contributed by atoms with Crippen LogP contribution in [0, 0.1) is 6.92 Å². The van der Waals surface area contributed by atoms with Crippen LogP contribution in [0.4, 0.5) is 5.69 Å². The van der Waals surface area contributed by atoms with Gasteiger partial charge in [-0.15, -0.1) is 0 Å². The fraction of sp³-hybridized carbons (Fsp3) is 0.154. The highest BCUT2D eigenvalue weighted by Gasteiger charge is 2.06. The smallest absolute Gasteiger partial charge is 0.228 e. The van der Waals surface area contributed by atoms with E-state index in [1.165, 1.54) is 0 Å². The molecule has 0 unspecified atom stereocenters. The molecule has 0 radical (unpaired) electrons. The van der Waals surface area contributed by atoms with Gasteiger partial charge in [0.15, 0.2) is 0 Å². The summed E-state index contributed by atoms with van der Waals surface area (Å²) in [6, 6.07) is 7.83. The Bertz CT molecular complexity index is 522. The second-order valence-electron chi connectivity index (χ2n) is 3.82. The zero-order chi connectivity index (χ0) is 12.3. The Kier molecular flexibility index (Phi) is 3.97. The van der Waals surface area contributed by atoms with Gasteiger partial charge in [-0.3, -0.25) is 4.79 Å². The number of benzene rings is 1. The number of thiophene rings is 1. The molecule has 2 aromatic rings. The molecule has 1 amide bonds. The molecular formula is C13H12BrNOS. The molecule has 0 saturated carbocycles. The molecule has 17 heavy (non-hydrogen) atoms. The van der Waals surface area contributed by atoms with E-state index < -0.39 is 0 Å². The third kappa shape index (κ3) is 3.41. The average molecular weight is 310 g/mol. The van der Waals surface area contributed by atoms with Crippen LogP contribution < -0.4 is 5.32 Å². The standard InChI is InChI=1S/C13H12BrNOS/c1-9-2-3-11(14)7-12(9)15-13(16)6-10-4-5-17-8-10/h2-5,7-8H,6H2,1H3,(H,15,16). The van der Waals surface area contributed by atoms with Crippen molar-refractivity contribution < 1.29 is 4.79 Å². The molecule has 0 aliphatic heterocycles. The van der Waals surface area contributed by atoms with E-state index in [4.69, 9.17) is 0 Å². The van der Waals surface area contributed by atoms with Crippen molar-refractivity contribution in [2.75, 3.05) is 5.32 Å². The molecule has 0 saturated heterocycles. The van der Waals surface area contributed by atoms with Crippen LogP contribution in [0.5, 0.6) is 0 Å². The van der Waals surface area contributed by atoms with Crippen LogP contribution in [0.25, 0.3) is 0 Å². The second kappa shape index (κ2) is 5.47. The first-order valence-corrected chi connectivity index (χ1v) is 6.96. The van der Waals surface area contributed by atoms with Gasteiger partial charge in [-0.25, -0.2) is 0 Å². The van der Waals surface area contributed by atoms with Crippen LogP contribution in [0.3, 0.4) is 0 Å². The van der Waals surface area contributed by atoms with Gasteiger partial charge in [0.2, 0.25) is 5.91 Å². The van der Waals surface area contributed by atoms with E-state index in [-0.39, 0.29) is 5.91 Å². The number of carbonyl (C=O) groups is 1. The van der Waals surface area contributed by atoms with Crippen LogP contribution in [0.1, 0.15) is 11.1 Å². The maximum atomic E-state index is 11.8. The van der Waals surface area contributed by atoms with E-state index in [0.717, 1.165) is 21.3 Å². The Morgan fingerprint density at radius 1 is 1.41 bits per heavy atom. The maximum absolute atomic E-state index is 11.8. The highest BCUT2D eigenvalue weighted by atomic mass is 79.9. The van der Waals surface area contributed by atoms with Crippen LogP contribution in [0.15, 0.2) is 39.5 Å². The molecule has 0 fully saturated rings. The average Bonchev–Trinajstić information content (AvgIpc) is 2.76. The largest absolute Gasteiger partial charge is 0.326 e. The number of aryl methyl sites for hydroxylation is 1. The van der Waals surface area contributed by atoms with Crippen LogP contribution >= 0.6 is 27.3 Å². The lowest BCUT2D eigenvalue weighted by Gasteiger charge is -2.08. The lowest BCUT2D eigenvalue weighted by atomic mass is 10.2. The van der Waals surface area contributed by atoms with Crippen molar-refractivity contribution in [3.63, 3.8) is 0 Å². The highest BCUT2D eigenvalue weighted by Crippen LogP contribution is 2.20. The number of rotatable bonds is 3. The van der Waals surface area contributed by atoms with Gasteiger partial charge in [-0.2, -0.15) is 11.3 Å². The summed E-state index contributed by atoms with van der Waals surface area (Å²) in [6.07, 6.45) is 0.426. The van der Waals surface area contributed by atoms with E-state index in [0.29, 0.717) is 6.42 Å². The summed E-state index contributed by atoms with van der Waals surface area (Å²) >= 11 is 5.00. The van der Waals surface area contributed by atoms with Crippen LogP contribution in [-0.2, 0) is 11.2 Å². The summed E-state index contributed by atoms with van der Waals surface area (Å²) in [5.41, 5.74) is 2.98. The third-order valence-corrected chi connectivity index (χ3v) is 3.64. The minimum absolute atomic E-state index is 0.0181. The molecule has 0 atom stereocenters. The number of carbonyl (C=O) groups excluding carboxylic acids is 1. The van der Waals surface area contributed by atoms with E-state index in [9.17, 15) is 4.79 Å². The molecule has 0 aliphatic carbocycles. The van der Waals surface area contributed by atoms with Crippen molar-refractivity contribution in [1.29, 1.82) is 0 Å². The Morgan fingerprint density at radius 2 is 2.24 bits per heavy atom. The second-order valence-corrected chi connectivity index (χ2v) is 5.51. The number of amides is 1. The van der Waals surface area contributed by atoms with E-state index in [1.54, 1.807) is 11.3 Å². The molecule has 1 aromatic heterocycles. The van der Waals surface area contributed by atoms with Crippen molar-refractivity contribution in [2.24, 2.45) is 0 Å². The molecule has 2 nitrogen and oxygen atoms in total. The fourth-order valence-electron chi connectivity index (χ4n) is 1.50. The summed E-state index contributed by atoms with van der Waals surface area (Å²) in [5.74, 6) is 0.0181. The van der Waals surface area contributed by atoms with Gasteiger partial charge in [0.1, 0.15) is 0 Å². The summed E-state index contributed by atoms with van der Waals surface area (Å²) < 4.78 is 0.967. The van der Waals surface area contributed by atoms with Crippen LogP contribution in [-0.4, -0.2) is 5.91 Å². The van der Waals surface area contributed by atoms with Gasteiger partial charge >= 0.3 is 0 Å². The zero-order valence-corrected chi connectivity index (χ0v) is 11.8. The summed E-state index contributed by atoms with van der Waals surface area (Å²) in [5, 5.41) is 6.90. The van der Waals surface area contributed by atoms with Crippen molar-refractivity contribution >= 4 is 38.9 Å². The molecule has 1 aromatic carbocycles. The third-order valence-electron chi connectivity index (χ3n) is 2.42. The predicted octanol–water partition coefficient (Wildman–Crippen LogP) is 4.00. The van der Waals surface area contributed by atoms with Gasteiger partial charge in [0.25, 0.3) is 0 Å². The van der Waals surface area contributed by atoms with E-state index in [2.05, 4.69) is 21.2 Å². The van der Waals surface area contributed by atoms with Gasteiger partial charge in [0.05, 0.1) is 6.42 Å². The molecule has 1 N–H and O–H groups in total. The fourth-order valence-corrected chi connectivity index (χ4v) is 2.53. The number of hydrogen-bond acceptors (Lipinski definition) is 2. The van der Waals surface area contributed by atoms with Crippen molar-refractivity contribution in [2.45, 2.75) is 13.3 Å². The van der Waals surface area contributed by atoms with Crippen LogP contribution in [0.2, 0.25) is 0 Å². The molecule has 0 spiro atoms. The van der Waals surface area contributed by atoms with E-state index >= 15 is 0 Å². The Balaban J connectivity index is 2.05. The first-order chi connectivity index (χ1) is 8.15. The maximum Gasteiger partial charge on any atom is 0.228 e. The Labute approximate surface area is 113 Å². The molecule has 0 bridgehead atoms.